The summed E-state index contributed by atoms with van der Waals surface area (Å²) in [6, 6.07) is 6.15. The Morgan fingerprint density at radius 1 is 1.36 bits per heavy atom. The Hall–Kier alpha value is -2.37. The molecule has 0 bridgehead atoms. The van der Waals surface area contributed by atoms with Crippen molar-refractivity contribution in [2.45, 2.75) is 32.4 Å². The number of rotatable bonds is 2. The standard InChI is InChI=1S/C16H20N4O2/c1-10-7-12-8-13(22-4)5-6-14(12)11(2)20(10)16(21)15-9-19(3)18-17-15/h5-6,8-11H,7H2,1-4H3. The first-order chi connectivity index (χ1) is 10.5. The molecule has 0 spiro atoms. The molecule has 0 saturated heterocycles. The van der Waals surface area contributed by atoms with Gasteiger partial charge in [0.1, 0.15) is 5.75 Å². The van der Waals surface area contributed by atoms with E-state index in [4.69, 9.17) is 4.74 Å². The number of carbonyl (C=O) groups excluding carboxylic acids is 1. The van der Waals surface area contributed by atoms with Gasteiger partial charge in [-0.3, -0.25) is 9.48 Å². The lowest BCUT2D eigenvalue weighted by Crippen LogP contribution is -2.45. The predicted molar refractivity (Wildman–Crippen MR) is 81.7 cm³/mol. The summed E-state index contributed by atoms with van der Waals surface area (Å²) in [5, 5.41) is 7.80. The third-order valence-corrected chi connectivity index (χ3v) is 4.26. The van der Waals surface area contributed by atoms with E-state index in [1.54, 1.807) is 25.0 Å². The molecule has 0 radical (unpaired) electrons. The van der Waals surface area contributed by atoms with E-state index in [-0.39, 0.29) is 18.0 Å². The maximum atomic E-state index is 12.8. The van der Waals surface area contributed by atoms with Gasteiger partial charge in [-0.15, -0.1) is 5.10 Å². The Kier molecular flexibility index (Phi) is 3.60. The lowest BCUT2D eigenvalue weighted by Gasteiger charge is -2.40. The number of fused-ring (bicyclic) bond motifs is 1. The molecule has 1 aromatic carbocycles. The number of hydrogen-bond donors (Lipinski definition) is 0. The SMILES string of the molecule is COc1ccc2c(c1)CC(C)N(C(=O)c1cn(C)nn1)C2C. The molecule has 0 fully saturated rings. The lowest BCUT2D eigenvalue weighted by atomic mass is 9.89. The second-order valence-corrected chi connectivity index (χ2v) is 5.78. The van der Waals surface area contributed by atoms with E-state index >= 15 is 0 Å². The molecular weight excluding hydrogens is 280 g/mol. The second-order valence-electron chi connectivity index (χ2n) is 5.78. The van der Waals surface area contributed by atoms with Gasteiger partial charge >= 0.3 is 0 Å². The molecule has 1 aromatic heterocycles. The fourth-order valence-corrected chi connectivity index (χ4v) is 3.20. The van der Waals surface area contributed by atoms with E-state index in [0.717, 1.165) is 17.7 Å². The van der Waals surface area contributed by atoms with Gasteiger partial charge in [-0.1, -0.05) is 11.3 Å². The molecule has 6 heteroatoms. The summed E-state index contributed by atoms with van der Waals surface area (Å²) >= 11 is 0. The van der Waals surface area contributed by atoms with Crippen LogP contribution < -0.4 is 4.74 Å². The van der Waals surface area contributed by atoms with Gasteiger partial charge in [0.15, 0.2) is 5.69 Å². The van der Waals surface area contributed by atoms with Crippen molar-refractivity contribution >= 4 is 5.91 Å². The fraction of sp³-hybridized carbons (Fsp3) is 0.438. The molecule has 116 valence electrons. The van der Waals surface area contributed by atoms with Crippen LogP contribution in [-0.4, -0.2) is 39.0 Å². The minimum atomic E-state index is -0.0745. The Bertz CT molecular complexity index is 710. The quantitative estimate of drug-likeness (QED) is 0.851. The molecule has 2 unspecified atom stereocenters. The number of aromatic nitrogens is 3. The second kappa shape index (κ2) is 5.44. The van der Waals surface area contributed by atoms with Crippen LogP contribution in [0.3, 0.4) is 0 Å². The molecule has 1 amide bonds. The average molecular weight is 300 g/mol. The molecule has 22 heavy (non-hydrogen) atoms. The molecule has 1 aliphatic rings. The van der Waals surface area contributed by atoms with Crippen molar-refractivity contribution in [2.24, 2.45) is 7.05 Å². The highest BCUT2D eigenvalue weighted by Gasteiger charge is 2.34. The summed E-state index contributed by atoms with van der Waals surface area (Å²) in [6.45, 7) is 4.11. The van der Waals surface area contributed by atoms with Crippen molar-refractivity contribution in [3.8, 4) is 5.75 Å². The van der Waals surface area contributed by atoms with Gasteiger partial charge in [-0.2, -0.15) is 0 Å². The van der Waals surface area contributed by atoms with Crippen molar-refractivity contribution in [2.75, 3.05) is 7.11 Å². The van der Waals surface area contributed by atoms with E-state index in [1.165, 1.54) is 5.56 Å². The highest BCUT2D eigenvalue weighted by Crippen LogP contribution is 2.35. The predicted octanol–water partition coefficient (Wildman–Crippen LogP) is 1.97. The van der Waals surface area contributed by atoms with Crippen molar-refractivity contribution in [3.05, 3.63) is 41.2 Å². The van der Waals surface area contributed by atoms with Crippen LogP contribution in [0.5, 0.6) is 5.75 Å². The molecule has 2 atom stereocenters. The van der Waals surface area contributed by atoms with Gasteiger partial charge in [-0.05, 0) is 43.5 Å². The van der Waals surface area contributed by atoms with Crippen LogP contribution in [0.1, 0.15) is 41.5 Å². The number of carbonyl (C=O) groups is 1. The van der Waals surface area contributed by atoms with Gasteiger partial charge < -0.3 is 9.64 Å². The van der Waals surface area contributed by atoms with Crippen LogP contribution in [0.4, 0.5) is 0 Å². The van der Waals surface area contributed by atoms with Gasteiger partial charge in [0.05, 0.1) is 19.3 Å². The number of nitrogens with zero attached hydrogens (tertiary/aromatic N) is 4. The number of benzene rings is 1. The van der Waals surface area contributed by atoms with Crippen molar-refractivity contribution in [1.29, 1.82) is 0 Å². The maximum absolute atomic E-state index is 12.8. The van der Waals surface area contributed by atoms with E-state index in [1.807, 2.05) is 17.0 Å². The summed E-state index contributed by atoms with van der Waals surface area (Å²) in [5.74, 6) is 0.779. The van der Waals surface area contributed by atoms with Crippen LogP contribution in [0, 0.1) is 0 Å². The topological polar surface area (TPSA) is 60.2 Å². The summed E-state index contributed by atoms with van der Waals surface area (Å²) in [6.07, 6.45) is 2.47. The summed E-state index contributed by atoms with van der Waals surface area (Å²) in [5.41, 5.74) is 2.79. The van der Waals surface area contributed by atoms with Crippen LogP contribution in [-0.2, 0) is 13.5 Å². The molecule has 3 rings (SSSR count). The number of methoxy groups -OCH3 is 1. The number of ether oxygens (including phenoxy) is 1. The normalized spacial score (nSPS) is 20.6. The van der Waals surface area contributed by atoms with Crippen LogP contribution in [0.2, 0.25) is 0 Å². The van der Waals surface area contributed by atoms with Crippen LogP contribution >= 0.6 is 0 Å². The zero-order chi connectivity index (χ0) is 15.9. The fourth-order valence-electron chi connectivity index (χ4n) is 3.20. The molecular formula is C16H20N4O2. The smallest absolute Gasteiger partial charge is 0.276 e. The first-order valence-corrected chi connectivity index (χ1v) is 7.37. The van der Waals surface area contributed by atoms with Gasteiger partial charge in [0.2, 0.25) is 0 Å². The largest absolute Gasteiger partial charge is 0.497 e. The van der Waals surface area contributed by atoms with E-state index < -0.39 is 0 Å². The minimum absolute atomic E-state index is 0.000776. The molecule has 0 aliphatic carbocycles. The molecule has 1 aliphatic heterocycles. The molecule has 0 N–H and O–H groups in total. The average Bonchev–Trinajstić information content (AvgIpc) is 2.93. The van der Waals surface area contributed by atoms with Crippen molar-refractivity contribution < 1.29 is 9.53 Å². The Balaban J connectivity index is 1.95. The summed E-state index contributed by atoms with van der Waals surface area (Å²) in [4.78, 5) is 14.6. The van der Waals surface area contributed by atoms with Crippen LogP contribution in [0.25, 0.3) is 0 Å². The van der Waals surface area contributed by atoms with Crippen LogP contribution in [0.15, 0.2) is 24.4 Å². The molecule has 2 heterocycles. The Morgan fingerprint density at radius 2 is 2.14 bits per heavy atom. The monoisotopic (exact) mass is 300 g/mol. The van der Waals surface area contributed by atoms with Crippen molar-refractivity contribution in [1.82, 2.24) is 19.9 Å². The van der Waals surface area contributed by atoms with Gasteiger partial charge in [0.25, 0.3) is 5.91 Å². The third kappa shape index (κ3) is 2.34. The van der Waals surface area contributed by atoms with E-state index in [2.05, 4.69) is 30.2 Å². The maximum Gasteiger partial charge on any atom is 0.276 e. The lowest BCUT2D eigenvalue weighted by molar-refractivity contribution is 0.0574. The highest BCUT2D eigenvalue weighted by atomic mass is 16.5. The molecule has 6 nitrogen and oxygen atoms in total. The number of amides is 1. The molecule has 0 saturated carbocycles. The minimum Gasteiger partial charge on any atom is -0.497 e. The first kappa shape index (κ1) is 14.6. The molecule has 2 aromatic rings. The third-order valence-electron chi connectivity index (χ3n) is 4.26. The van der Waals surface area contributed by atoms with E-state index in [9.17, 15) is 4.79 Å². The summed E-state index contributed by atoms with van der Waals surface area (Å²) < 4.78 is 6.84. The van der Waals surface area contributed by atoms with E-state index in [0.29, 0.717) is 5.69 Å². The summed E-state index contributed by atoms with van der Waals surface area (Å²) in [7, 11) is 3.43. The van der Waals surface area contributed by atoms with Gasteiger partial charge in [-0.25, -0.2) is 0 Å². The van der Waals surface area contributed by atoms with Gasteiger partial charge in [0, 0.05) is 13.1 Å². The zero-order valence-corrected chi connectivity index (χ0v) is 13.3. The number of hydrogen-bond acceptors (Lipinski definition) is 4. The number of aryl methyl sites for hydroxylation is 1. The van der Waals surface area contributed by atoms with Crippen molar-refractivity contribution in [3.63, 3.8) is 0 Å². The Morgan fingerprint density at radius 3 is 2.77 bits per heavy atom. The highest BCUT2D eigenvalue weighted by molar-refractivity contribution is 5.92. The first-order valence-electron chi connectivity index (χ1n) is 7.37. The zero-order valence-electron chi connectivity index (χ0n) is 13.3. The Labute approximate surface area is 129 Å².